The molecule has 0 bridgehead atoms. The third-order valence-corrected chi connectivity index (χ3v) is 3.52. The molecule has 104 valence electrons. The summed E-state index contributed by atoms with van der Waals surface area (Å²) in [6, 6.07) is 7.54. The number of nitrogens with one attached hydrogen (secondary N) is 1. The Bertz CT molecular complexity index is 471. The van der Waals surface area contributed by atoms with Crippen molar-refractivity contribution in [1.82, 2.24) is 5.32 Å². The molecule has 1 amide bonds. The maximum Gasteiger partial charge on any atom is 0.245 e. The lowest BCUT2D eigenvalue weighted by molar-refractivity contribution is -0.122. The number of anilines is 1. The van der Waals surface area contributed by atoms with Gasteiger partial charge in [-0.25, -0.2) is 0 Å². The molecule has 0 aromatic heterocycles. The van der Waals surface area contributed by atoms with Gasteiger partial charge in [0.2, 0.25) is 5.91 Å². The number of nitrogens with zero attached hydrogens (tertiary/aromatic N) is 1. The second-order valence-electron chi connectivity index (χ2n) is 6.05. The first-order valence-electron chi connectivity index (χ1n) is 6.65. The molecule has 0 saturated carbocycles. The van der Waals surface area contributed by atoms with Gasteiger partial charge >= 0.3 is 0 Å². The van der Waals surface area contributed by atoms with E-state index in [4.69, 9.17) is 0 Å². The first kappa shape index (κ1) is 13.9. The summed E-state index contributed by atoms with van der Waals surface area (Å²) < 4.78 is 0. The van der Waals surface area contributed by atoms with E-state index < -0.39 is 6.04 Å². The van der Waals surface area contributed by atoms with E-state index in [1.165, 1.54) is 0 Å². The molecule has 0 radical (unpaired) electrons. The highest BCUT2D eigenvalue weighted by atomic mass is 16.3. The zero-order valence-electron chi connectivity index (χ0n) is 11.8. The summed E-state index contributed by atoms with van der Waals surface area (Å²) in [4.78, 5) is 14.1. The van der Waals surface area contributed by atoms with Gasteiger partial charge < -0.3 is 15.3 Å². The number of carbonyl (C=O) groups is 1. The zero-order chi connectivity index (χ0) is 14.0. The second kappa shape index (κ2) is 5.21. The van der Waals surface area contributed by atoms with Crippen molar-refractivity contribution in [2.75, 3.05) is 24.6 Å². The minimum atomic E-state index is -0.511. The lowest BCUT2D eigenvalue weighted by Gasteiger charge is -2.34. The van der Waals surface area contributed by atoms with Gasteiger partial charge in [-0.3, -0.25) is 4.79 Å². The van der Waals surface area contributed by atoms with Crippen molar-refractivity contribution in [3.8, 4) is 0 Å². The Balaban J connectivity index is 2.39. The molecule has 1 unspecified atom stereocenters. The minimum absolute atomic E-state index is 0.0245. The van der Waals surface area contributed by atoms with Gasteiger partial charge in [-0.1, -0.05) is 26.0 Å². The standard InChI is InChI=1S/C15H22N2O2/c1-11-5-4-6-12(7-11)17-10-15(2,3)9-16-14(19)13(17)8-18/h4-7,13,18H,8-10H2,1-3H3,(H,16,19). The number of hydrogen-bond donors (Lipinski definition) is 2. The molecule has 1 aliphatic heterocycles. The number of benzene rings is 1. The molecule has 1 aromatic rings. The van der Waals surface area contributed by atoms with E-state index in [0.717, 1.165) is 17.8 Å². The molecule has 0 aliphatic carbocycles. The van der Waals surface area contributed by atoms with Crippen molar-refractivity contribution in [3.63, 3.8) is 0 Å². The summed E-state index contributed by atoms with van der Waals surface area (Å²) in [7, 11) is 0. The largest absolute Gasteiger partial charge is 0.394 e. The summed E-state index contributed by atoms with van der Waals surface area (Å²) in [5, 5.41) is 12.5. The highest BCUT2D eigenvalue weighted by Crippen LogP contribution is 2.26. The summed E-state index contributed by atoms with van der Waals surface area (Å²) >= 11 is 0. The molecule has 19 heavy (non-hydrogen) atoms. The van der Waals surface area contributed by atoms with Gasteiger partial charge in [-0.15, -0.1) is 0 Å². The van der Waals surface area contributed by atoms with Crippen molar-refractivity contribution in [2.24, 2.45) is 5.41 Å². The Morgan fingerprint density at radius 1 is 1.47 bits per heavy atom. The van der Waals surface area contributed by atoms with Crippen LogP contribution in [0.25, 0.3) is 0 Å². The van der Waals surface area contributed by atoms with Crippen LogP contribution in [-0.2, 0) is 4.79 Å². The maximum atomic E-state index is 12.1. The van der Waals surface area contributed by atoms with Crippen molar-refractivity contribution in [1.29, 1.82) is 0 Å². The minimum Gasteiger partial charge on any atom is -0.394 e. The van der Waals surface area contributed by atoms with Crippen molar-refractivity contribution in [2.45, 2.75) is 26.8 Å². The molecule has 1 saturated heterocycles. The Kier molecular flexibility index (Phi) is 3.80. The van der Waals surface area contributed by atoms with Crippen LogP contribution in [0.5, 0.6) is 0 Å². The smallest absolute Gasteiger partial charge is 0.245 e. The monoisotopic (exact) mass is 262 g/mol. The molecule has 1 heterocycles. The van der Waals surface area contributed by atoms with Crippen LogP contribution < -0.4 is 10.2 Å². The SMILES string of the molecule is Cc1cccc(N2CC(C)(C)CNC(=O)C2CO)c1. The maximum absolute atomic E-state index is 12.1. The molecule has 1 fully saturated rings. The third kappa shape index (κ3) is 3.07. The predicted molar refractivity (Wildman–Crippen MR) is 76.2 cm³/mol. The normalized spacial score (nSPS) is 22.8. The van der Waals surface area contributed by atoms with Crippen LogP contribution in [0.2, 0.25) is 0 Å². The number of aryl methyl sites for hydroxylation is 1. The number of carbonyl (C=O) groups excluding carboxylic acids is 1. The van der Waals surface area contributed by atoms with Crippen molar-refractivity contribution in [3.05, 3.63) is 29.8 Å². The van der Waals surface area contributed by atoms with Crippen molar-refractivity contribution >= 4 is 11.6 Å². The second-order valence-corrected chi connectivity index (χ2v) is 6.05. The Labute approximate surface area is 114 Å². The first-order valence-corrected chi connectivity index (χ1v) is 6.65. The van der Waals surface area contributed by atoms with E-state index in [-0.39, 0.29) is 17.9 Å². The van der Waals surface area contributed by atoms with Crippen LogP contribution in [-0.4, -0.2) is 36.8 Å². The lowest BCUT2D eigenvalue weighted by atomic mass is 9.93. The number of hydrogen-bond acceptors (Lipinski definition) is 3. The molecule has 2 N–H and O–H groups in total. The third-order valence-electron chi connectivity index (χ3n) is 3.52. The van der Waals surface area contributed by atoms with E-state index in [1.807, 2.05) is 30.0 Å². The molecular weight excluding hydrogens is 240 g/mol. The van der Waals surface area contributed by atoms with Gasteiger partial charge in [0.1, 0.15) is 6.04 Å². The van der Waals surface area contributed by atoms with E-state index in [1.54, 1.807) is 0 Å². The fraction of sp³-hybridized carbons (Fsp3) is 0.533. The van der Waals surface area contributed by atoms with Crippen LogP contribution in [0.4, 0.5) is 5.69 Å². The Morgan fingerprint density at radius 3 is 2.84 bits per heavy atom. The van der Waals surface area contributed by atoms with Gasteiger partial charge in [0, 0.05) is 18.8 Å². The average molecular weight is 262 g/mol. The van der Waals surface area contributed by atoms with Crippen LogP contribution in [0.1, 0.15) is 19.4 Å². The van der Waals surface area contributed by atoms with E-state index in [2.05, 4.69) is 25.2 Å². The van der Waals surface area contributed by atoms with Crippen LogP contribution in [0.15, 0.2) is 24.3 Å². The van der Waals surface area contributed by atoms with Gasteiger partial charge in [-0.05, 0) is 30.0 Å². The van der Waals surface area contributed by atoms with Gasteiger partial charge in [-0.2, -0.15) is 0 Å². The molecule has 1 aromatic carbocycles. The fourth-order valence-corrected chi connectivity index (χ4v) is 2.47. The number of rotatable bonds is 2. The number of aliphatic hydroxyl groups excluding tert-OH is 1. The summed E-state index contributed by atoms with van der Waals surface area (Å²) in [5.41, 5.74) is 2.12. The summed E-state index contributed by atoms with van der Waals surface area (Å²) in [6.45, 7) is 7.47. The summed E-state index contributed by atoms with van der Waals surface area (Å²) in [5.74, 6) is -0.102. The average Bonchev–Trinajstić information content (AvgIpc) is 2.47. The highest BCUT2D eigenvalue weighted by Gasteiger charge is 2.35. The van der Waals surface area contributed by atoms with Crippen molar-refractivity contribution < 1.29 is 9.90 Å². The molecule has 0 spiro atoms. The van der Waals surface area contributed by atoms with E-state index in [9.17, 15) is 9.90 Å². The fourth-order valence-electron chi connectivity index (χ4n) is 2.47. The topological polar surface area (TPSA) is 52.6 Å². The molecular formula is C15H22N2O2. The lowest BCUT2D eigenvalue weighted by Crippen LogP contribution is -2.47. The Morgan fingerprint density at radius 2 is 2.21 bits per heavy atom. The molecule has 1 aliphatic rings. The van der Waals surface area contributed by atoms with Crippen LogP contribution in [0.3, 0.4) is 0 Å². The van der Waals surface area contributed by atoms with Crippen LogP contribution >= 0.6 is 0 Å². The number of amides is 1. The molecule has 2 rings (SSSR count). The highest BCUT2D eigenvalue weighted by molar-refractivity contribution is 5.86. The molecule has 1 atom stereocenters. The molecule has 4 heteroatoms. The van der Waals surface area contributed by atoms with Gasteiger partial charge in [0.05, 0.1) is 6.61 Å². The van der Waals surface area contributed by atoms with E-state index >= 15 is 0 Å². The van der Waals surface area contributed by atoms with Crippen LogP contribution in [0, 0.1) is 12.3 Å². The van der Waals surface area contributed by atoms with Gasteiger partial charge in [0.15, 0.2) is 0 Å². The van der Waals surface area contributed by atoms with Gasteiger partial charge in [0.25, 0.3) is 0 Å². The zero-order valence-corrected chi connectivity index (χ0v) is 11.8. The Hall–Kier alpha value is -1.55. The quantitative estimate of drug-likeness (QED) is 0.845. The number of aliphatic hydroxyl groups is 1. The predicted octanol–water partition coefficient (Wildman–Crippen LogP) is 1.32. The summed E-state index contributed by atoms with van der Waals surface area (Å²) in [6.07, 6.45) is 0. The first-order chi connectivity index (χ1) is 8.93. The van der Waals surface area contributed by atoms with E-state index in [0.29, 0.717) is 6.54 Å². The molecule has 4 nitrogen and oxygen atoms in total.